The predicted octanol–water partition coefficient (Wildman–Crippen LogP) is 6.95. The van der Waals surface area contributed by atoms with Crippen molar-refractivity contribution in [3.8, 4) is 39.8 Å². The quantitative estimate of drug-likeness (QED) is 0.164. The van der Waals surface area contributed by atoms with Crippen LogP contribution in [0.3, 0.4) is 0 Å². The van der Waals surface area contributed by atoms with Crippen LogP contribution in [0.15, 0.2) is 91.0 Å². The van der Waals surface area contributed by atoms with E-state index in [1.807, 2.05) is 61.5 Å². The lowest BCUT2D eigenvalue weighted by Crippen LogP contribution is -2.32. The highest BCUT2D eigenvalue weighted by atomic mass is 16.5. The molecule has 9 heteroatoms. The molecule has 1 N–H and O–H groups in total. The number of rotatable bonds is 11. The van der Waals surface area contributed by atoms with Gasteiger partial charge in [-0.1, -0.05) is 19.1 Å². The molecular weight excluding hydrogens is 558 g/mol. The van der Waals surface area contributed by atoms with Gasteiger partial charge in [-0.15, -0.1) is 0 Å². The first-order valence-corrected chi connectivity index (χ1v) is 14.3. The van der Waals surface area contributed by atoms with Gasteiger partial charge in [-0.25, -0.2) is 14.8 Å². The molecule has 0 bridgehead atoms. The zero-order valence-electron chi connectivity index (χ0n) is 25.0. The van der Waals surface area contributed by atoms with Crippen LogP contribution in [-0.4, -0.2) is 48.8 Å². The van der Waals surface area contributed by atoms with Crippen LogP contribution in [0.25, 0.3) is 33.5 Å². The minimum atomic E-state index is -1.01. The van der Waals surface area contributed by atoms with E-state index < -0.39 is 18.0 Å². The molecule has 0 spiro atoms. The van der Waals surface area contributed by atoms with Crippen molar-refractivity contribution in [3.63, 3.8) is 0 Å². The number of carbonyl (C=O) groups is 2. The van der Waals surface area contributed by atoms with Crippen LogP contribution in [0.1, 0.15) is 30.6 Å². The van der Waals surface area contributed by atoms with Crippen LogP contribution in [0, 0.1) is 0 Å². The van der Waals surface area contributed by atoms with Gasteiger partial charge in [0.1, 0.15) is 17.2 Å². The molecule has 9 nitrogen and oxygen atoms in total. The number of ether oxygens (including phenoxy) is 4. The third-order valence-corrected chi connectivity index (χ3v) is 6.98. The van der Waals surface area contributed by atoms with Gasteiger partial charge in [0.15, 0.2) is 6.10 Å². The number of aromatic nitrogens is 2. The van der Waals surface area contributed by atoms with E-state index in [2.05, 4.69) is 5.32 Å². The number of hydrogen-bond donors (Lipinski definition) is 1. The van der Waals surface area contributed by atoms with Crippen LogP contribution in [0.4, 0.5) is 5.69 Å². The minimum Gasteiger partial charge on any atom is -0.497 e. The summed E-state index contributed by atoms with van der Waals surface area (Å²) in [4.78, 5) is 36.2. The molecule has 0 aliphatic heterocycles. The van der Waals surface area contributed by atoms with Gasteiger partial charge < -0.3 is 24.3 Å². The molecule has 4 aromatic carbocycles. The number of para-hydroxylation sites is 2. The van der Waals surface area contributed by atoms with Gasteiger partial charge >= 0.3 is 5.97 Å². The second-order valence-corrected chi connectivity index (χ2v) is 9.80. The number of anilines is 1. The van der Waals surface area contributed by atoms with E-state index in [0.717, 1.165) is 22.6 Å². The molecule has 1 amide bonds. The number of nitrogens with zero attached hydrogens (tertiary/aromatic N) is 2. The average molecular weight is 592 g/mol. The first-order valence-electron chi connectivity index (χ1n) is 14.3. The highest BCUT2D eigenvalue weighted by molar-refractivity contribution is 5.99. The van der Waals surface area contributed by atoms with Crippen molar-refractivity contribution in [2.24, 2.45) is 0 Å². The Morgan fingerprint density at radius 1 is 0.750 bits per heavy atom. The molecule has 1 atom stereocenters. The Morgan fingerprint density at radius 2 is 1.34 bits per heavy atom. The molecule has 0 saturated heterocycles. The molecular formula is C35H33N3O6. The minimum absolute atomic E-state index is 0.255. The maximum Gasteiger partial charge on any atom is 0.338 e. The van der Waals surface area contributed by atoms with Crippen LogP contribution >= 0.6 is 0 Å². The van der Waals surface area contributed by atoms with Crippen LogP contribution in [0.2, 0.25) is 0 Å². The molecule has 0 saturated carbocycles. The Labute approximate surface area is 255 Å². The van der Waals surface area contributed by atoms with Gasteiger partial charge in [0.25, 0.3) is 5.91 Å². The molecule has 1 unspecified atom stereocenters. The molecule has 224 valence electrons. The summed E-state index contributed by atoms with van der Waals surface area (Å²) in [6.07, 6.45) is -0.722. The van der Waals surface area contributed by atoms with E-state index in [-0.39, 0.29) is 12.0 Å². The summed E-state index contributed by atoms with van der Waals surface area (Å²) in [6, 6.07) is 27.2. The topological polar surface area (TPSA) is 109 Å². The number of methoxy groups -OCH3 is 2. The normalized spacial score (nSPS) is 11.5. The summed E-state index contributed by atoms with van der Waals surface area (Å²) in [5, 5.41) is 2.82. The maximum absolute atomic E-state index is 13.3. The van der Waals surface area contributed by atoms with Crippen LogP contribution in [-0.2, 0) is 9.53 Å². The molecule has 0 radical (unpaired) electrons. The van der Waals surface area contributed by atoms with Gasteiger partial charge in [-0.3, -0.25) is 4.79 Å². The summed E-state index contributed by atoms with van der Waals surface area (Å²) in [6.45, 7) is 4.09. The zero-order valence-corrected chi connectivity index (χ0v) is 25.0. The molecule has 0 aliphatic carbocycles. The first-order chi connectivity index (χ1) is 21.4. The highest BCUT2D eigenvalue weighted by Gasteiger charge is 2.24. The van der Waals surface area contributed by atoms with E-state index in [4.69, 9.17) is 28.9 Å². The van der Waals surface area contributed by atoms with Crippen molar-refractivity contribution in [2.45, 2.75) is 26.4 Å². The zero-order chi connectivity index (χ0) is 31.1. The molecule has 44 heavy (non-hydrogen) atoms. The largest absolute Gasteiger partial charge is 0.497 e. The Balaban J connectivity index is 1.45. The van der Waals surface area contributed by atoms with E-state index in [0.29, 0.717) is 40.5 Å². The highest BCUT2D eigenvalue weighted by Crippen LogP contribution is 2.33. The maximum atomic E-state index is 13.3. The van der Waals surface area contributed by atoms with Crippen molar-refractivity contribution >= 4 is 28.6 Å². The van der Waals surface area contributed by atoms with Gasteiger partial charge in [0.05, 0.1) is 54.5 Å². The van der Waals surface area contributed by atoms with Gasteiger partial charge in [0.2, 0.25) is 0 Å². The Bertz CT molecular complexity index is 1770. The fourth-order valence-electron chi connectivity index (χ4n) is 4.67. The van der Waals surface area contributed by atoms with E-state index >= 15 is 0 Å². The van der Waals surface area contributed by atoms with Crippen LogP contribution in [0.5, 0.6) is 17.2 Å². The molecule has 1 heterocycles. The molecule has 1 aromatic heterocycles. The number of esters is 1. The van der Waals surface area contributed by atoms with E-state index in [1.165, 1.54) is 0 Å². The Kier molecular flexibility index (Phi) is 9.34. The predicted molar refractivity (Wildman–Crippen MR) is 169 cm³/mol. The first kappa shape index (κ1) is 30.0. The standard InChI is InChI=1S/C35H33N3O6/c1-5-30(34(39)38-28-9-7-8-10-31(28)43-6-2)44-35(40)24-15-20-27-29(21-24)37-33(23-13-18-26(42-4)19-14-23)32(36-27)22-11-16-25(41-3)17-12-22/h7-21,30H,5-6H2,1-4H3,(H,38,39). The summed E-state index contributed by atoms with van der Waals surface area (Å²) >= 11 is 0. The lowest BCUT2D eigenvalue weighted by atomic mass is 10.0. The third-order valence-electron chi connectivity index (χ3n) is 6.98. The number of fused-ring (bicyclic) bond motifs is 1. The van der Waals surface area contributed by atoms with Gasteiger partial charge in [-0.2, -0.15) is 0 Å². The Morgan fingerprint density at radius 3 is 1.91 bits per heavy atom. The molecule has 5 rings (SSSR count). The second-order valence-electron chi connectivity index (χ2n) is 9.80. The van der Waals surface area contributed by atoms with Gasteiger partial charge in [0, 0.05) is 11.1 Å². The number of amides is 1. The fraction of sp³-hybridized carbons (Fsp3) is 0.200. The van der Waals surface area contributed by atoms with Crippen molar-refractivity contribution < 1.29 is 28.5 Å². The monoisotopic (exact) mass is 591 g/mol. The van der Waals surface area contributed by atoms with Crippen molar-refractivity contribution in [2.75, 3.05) is 26.1 Å². The average Bonchev–Trinajstić information content (AvgIpc) is 3.07. The van der Waals surface area contributed by atoms with E-state index in [9.17, 15) is 9.59 Å². The lowest BCUT2D eigenvalue weighted by molar-refractivity contribution is -0.124. The number of nitrogens with one attached hydrogen (secondary N) is 1. The molecule has 0 fully saturated rings. The lowest BCUT2D eigenvalue weighted by Gasteiger charge is -2.18. The molecule has 0 aliphatic rings. The summed E-state index contributed by atoms with van der Waals surface area (Å²) in [5.41, 5.74) is 4.86. The van der Waals surface area contributed by atoms with Gasteiger partial charge in [-0.05, 0) is 92.2 Å². The van der Waals surface area contributed by atoms with Crippen LogP contribution < -0.4 is 19.5 Å². The van der Waals surface area contributed by atoms with Crippen molar-refractivity contribution in [1.29, 1.82) is 0 Å². The number of benzene rings is 4. The summed E-state index contributed by atoms with van der Waals surface area (Å²) in [5.74, 6) is 0.904. The third kappa shape index (κ3) is 6.62. The number of hydrogen-bond acceptors (Lipinski definition) is 8. The van der Waals surface area contributed by atoms with E-state index in [1.54, 1.807) is 57.5 Å². The smallest absolute Gasteiger partial charge is 0.338 e. The second kappa shape index (κ2) is 13.7. The van der Waals surface area contributed by atoms with Crippen molar-refractivity contribution in [1.82, 2.24) is 9.97 Å². The summed E-state index contributed by atoms with van der Waals surface area (Å²) < 4.78 is 21.9. The Hall–Kier alpha value is -5.44. The molecule has 5 aromatic rings. The summed E-state index contributed by atoms with van der Waals surface area (Å²) in [7, 11) is 3.23. The number of carbonyl (C=O) groups excluding carboxylic acids is 2. The van der Waals surface area contributed by atoms with Crippen molar-refractivity contribution in [3.05, 3.63) is 96.6 Å². The SMILES string of the molecule is CCOc1ccccc1NC(=O)C(CC)OC(=O)c1ccc2nc(-c3ccc(OC)cc3)c(-c3ccc(OC)cc3)nc2c1. The fourth-order valence-corrected chi connectivity index (χ4v) is 4.67.